The maximum absolute atomic E-state index is 12.9. The Kier molecular flexibility index (Phi) is 3.92. The molecule has 0 amide bonds. The van der Waals surface area contributed by atoms with E-state index in [0.29, 0.717) is 17.2 Å². The smallest absolute Gasteiger partial charge is 0.127 e. The quantitative estimate of drug-likeness (QED) is 0.910. The number of hydrogen-bond acceptors (Lipinski definition) is 3. The minimum absolute atomic E-state index is 0.267. The average molecular weight is 310 g/mol. The molecule has 118 valence electrons. The van der Waals surface area contributed by atoms with Crippen LogP contribution in [0.2, 0.25) is 0 Å². The second-order valence-electron chi connectivity index (χ2n) is 5.87. The third-order valence-electron chi connectivity index (χ3n) is 4.26. The van der Waals surface area contributed by atoms with Crippen molar-refractivity contribution in [3.05, 3.63) is 83.8 Å². The van der Waals surface area contributed by atoms with Crippen LogP contribution in [0.3, 0.4) is 0 Å². The lowest BCUT2D eigenvalue weighted by Gasteiger charge is -2.35. The van der Waals surface area contributed by atoms with Crippen LogP contribution in [0, 0.1) is 5.82 Å². The summed E-state index contributed by atoms with van der Waals surface area (Å²) in [6, 6.07) is 13.3. The van der Waals surface area contributed by atoms with Gasteiger partial charge in [0.05, 0.1) is 6.04 Å². The van der Waals surface area contributed by atoms with Crippen molar-refractivity contribution < 1.29 is 9.13 Å². The third kappa shape index (κ3) is 2.98. The Morgan fingerprint density at radius 3 is 2.17 bits per heavy atom. The molecule has 0 heterocycles. The standard InChI is InChI=1S/C19H19FN2O/c1-19(12-2-3-17(21)18(19)22)13-4-8-15(9-5-13)23-16-10-6-14(20)7-11-16/h2-12,18H,21-22H2,1H3. The molecule has 0 saturated heterocycles. The first-order chi connectivity index (χ1) is 11.0. The molecule has 23 heavy (non-hydrogen) atoms. The second kappa shape index (κ2) is 5.89. The number of allylic oxidation sites excluding steroid dienone is 2. The minimum atomic E-state index is -0.354. The van der Waals surface area contributed by atoms with E-state index in [4.69, 9.17) is 16.2 Å². The predicted molar refractivity (Wildman–Crippen MR) is 89.7 cm³/mol. The fraction of sp³-hybridized carbons (Fsp3) is 0.158. The van der Waals surface area contributed by atoms with Crippen molar-refractivity contribution in [1.82, 2.24) is 0 Å². The molecule has 0 saturated carbocycles. The van der Waals surface area contributed by atoms with Crippen LogP contribution in [-0.4, -0.2) is 6.04 Å². The number of halogens is 1. The molecule has 0 spiro atoms. The highest BCUT2D eigenvalue weighted by Gasteiger charge is 2.34. The van der Waals surface area contributed by atoms with Gasteiger partial charge in [0.2, 0.25) is 0 Å². The van der Waals surface area contributed by atoms with E-state index in [-0.39, 0.29) is 17.3 Å². The highest BCUT2D eigenvalue weighted by atomic mass is 19.1. The van der Waals surface area contributed by atoms with Gasteiger partial charge in [0.1, 0.15) is 17.3 Å². The summed E-state index contributed by atoms with van der Waals surface area (Å²) in [5, 5.41) is 0. The van der Waals surface area contributed by atoms with E-state index < -0.39 is 0 Å². The molecular weight excluding hydrogens is 291 g/mol. The first-order valence-corrected chi connectivity index (χ1v) is 7.43. The summed E-state index contributed by atoms with van der Waals surface area (Å²) >= 11 is 0. The van der Waals surface area contributed by atoms with Gasteiger partial charge >= 0.3 is 0 Å². The zero-order chi connectivity index (χ0) is 16.4. The van der Waals surface area contributed by atoms with Crippen LogP contribution in [-0.2, 0) is 5.41 Å². The van der Waals surface area contributed by atoms with Gasteiger partial charge in [-0.15, -0.1) is 0 Å². The van der Waals surface area contributed by atoms with E-state index in [9.17, 15) is 4.39 Å². The van der Waals surface area contributed by atoms with Crippen molar-refractivity contribution in [2.45, 2.75) is 18.4 Å². The fourth-order valence-electron chi connectivity index (χ4n) is 2.71. The first-order valence-electron chi connectivity index (χ1n) is 7.43. The van der Waals surface area contributed by atoms with Gasteiger partial charge < -0.3 is 16.2 Å². The van der Waals surface area contributed by atoms with Crippen LogP contribution in [0.1, 0.15) is 12.5 Å². The van der Waals surface area contributed by atoms with Crippen molar-refractivity contribution in [2.75, 3.05) is 0 Å². The van der Waals surface area contributed by atoms with Crippen molar-refractivity contribution in [3.8, 4) is 11.5 Å². The lowest BCUT2D eigenvalue weighted by atomic mass is 9.73. The van der Waals surface area contributed by atoms with Crippen molar-refractivity contribution >= 4 is 0 Å². The second-order valence-corrected chi connectivity index (χ2v) is 5.87. The number of rotatable bonds is 3. The Bertz CT molecular complexity index is 750. The first kappa shape index (κ1) is 15.3. The van der Waals surface area contributed by atoms with Gasteiger partial charge in [-0.25, -0.2) is 4.39 Å². The molecule has 2 unspecified atom stereocenters. The van der Waals surface area contributed by atoms with Crippen molar-refractivity contribution in [3.63, 3.8) is 0 Å². The molecule has 1 aliphatic carbocycles. The average Bonchev–Trinajstić information content (AvgIpc) is 2.55. The molecule has 2 atom stereocenters. The van der Waals surface area contributed by atoms with Crippen LogP contribution in [0.5, 0.6) is 11.5 Å². The van der Waals surface area contributed by atoms with Crippen LogP contribution >= 0.6 is 0 Å². The molecule has 2 aromatic rings. The van der Waals surface area contributed by atoms with E-state index >= 15 is 0 Å². The maximum atomic E-state index is 12.9. The Labute approximate surface area is 135 Å². The molecule has 0 aliphatic heterocycles. The van der Waals surface area contributed by atoms with Gasteiger partial charge in [-0.3, -0.25) is 0 Å². The van der Waals surface area contributed by atoms with Gasteiger partial charge in [0, 0.05) is 11.1 Å². The molecule has 4 heteroatoms. The summed E-state index contributed by atoms with van der Waals surface area (Å²) in [7, 11) is 0. The third-order valence-corrected chi connectivity index (χ3v) is 4.26. The van der Waals surface area contributed by atoms with Gasteiger partial charge in [-0.1, -0.05) is 31.2 Å². The minimum Gasteiger partial charge on any atom is -0.457 e. The Morgan fingerprint density at radius 2 is 1.57 bits per heavy atom. The number of nitrogens with two attached hydrogens (primary N) is 2. The molecule has 0 bridgehead atoms. The SMILES string of the molecule is CC1(c2ccc(Oc3ccc(F)cc3)cc2)C=CC=C(N)C1N. The normalized spacial score (nSPS) is 23.4. The highest BCUT2D eigenvalue weighted by molar-refractivity contribution is 5.43. The van der Waals surface area contributed by atoms with Crippen molar-refractivity contribution in [2.24, 2.45) is 11.5 Å². The number of ether oxygens (including phenoxy) is 1. The van der Waals surface area contributed by atoms with Crippen molar-refractivity contribution in [1.29, 1.82) is 0 Å². The summed E-state index contributed by atoms with van der Waals surface area (Å²) in [6.45, 7) is 2.06. The molecular formula is C19H19FN2O. The van der Waals surface area contributed by atoms with E-state index in [0.717, 1.165) is 5.56 Å². The van der Waals surface area contributed by atoms with E-state index in [1.807, 2.05) is 36.4 Å². The molecule has 2 aromatic carbocycles. The summed E-state index contributed by atoms with van der Waals surface area (Å²) < 4.78 is 18.6. The van der Waals surface area contributed by atoms with Crippen LogP contribution < -0.4 is 16.2 Å². The van der Waals surface area contributed by atoms with Gasteiger partial charge in [-0.05, 0) is 48.0 Å². The largest absolute Gasteiger partial charge is 0.457 e. The monoisotopic (exact) mass is 310 g/mol. The van der Waals surface area contributed by atoms with Gasteiger partial charge in [-0.2, -0.15) is 0 Å². The molecule has 0 radical (unpaired) electrons. The van der Waals surface area contributed by atoms with E-state index in [1.54, 1.807) is 12.1 Å². The number of hydrogen-bond donors (Lipinski definition) is 2. The van der Waals surface area contributed by atoms with E-state index in [1.165, 1.54) is 12.1 Å². The summed E-state index contributed by atoms with van der Waals surface area (Å²) in [6.07, 6.45) is 5.82. The molecule has 0 fully saturated rings. The Morgan fingerprint density at radius 1 is 1.00 bits per heavy atom. The molecule has 3 rings (SSSR count). The molecule has 4 N–H and O–H groups in total. The zero-order valence-electron chi connectivity index (χ0n) is 12.9. The molecule has 1 aliphatic rings. The molecule has 0 aromatic heterocycles. The van der Waals surface area contributed by atoms with E-state index in [2.05, 4.69) is 13.0 Å². The van der Waals surface area contributed by atoms with Gasteiger partial charge in [0.15, 0.2) is 0 Å². The van der Waals surface area contributed by atoms with Crippen LogP contribution in [0.15, 0.2) is 72.5 Å². The zero-order valence-corrected chi connectivity index (χ0v) is 12.9. The van der Waals surface area contributed by atoms with Crippen LogP contribution in [0.4, 0.5) is 4.39 Å². The maximum Gasteiger partial charge on any atom is 0.127 e. The summed E-state index contributed by atoms with van der Waals surface area (Å²) in [5.74, 6) is 0.983. The Balaban J connectivity index is 1.81. The van der Waals surface area contributed by atoms with Crippen LogP contribution in [0.25, 0.3) is 0 Å². The lowest BCUT2D eigenvalue weighted by Crippen LogP contribution is -2.46. The highest BCUT2D eigenvalue weighted by Crippen LogP contribution is 2.34. The summed E-state index contributed by atoms with van der Waals surface area (Å²) in [4.78, 5) is 0. The summed E-state index contributed by atoms with van der Waals surface area (Å²) in [5.41, 5.74) is 13.6. The lowest BCUT2D eigenvalue weighted by molar-refractivity contribution is 0.475. The predicted octanol–water partition coefficient (Wildman–Crippen LogP) is 3.62. The van der Waals surface area contributed by atoms with Gasteiger partial charge in [0.25, 0.3) is 0 Å². The topological polar surface area (TPSA) is 61.3 Å². The Hall–Kier alpha value is -2.59. The fourth-order valence-corrected chi connectivity index (χ4v) is 2.71. The molecule has 3 nitrogen and oxygen atoms in total. The number of benzene rings is 2.